The molecule has 1 spiro atoms. The Morgan fingerprint density at radius 1 is 1.14 bits per heavy atom. The van der Waals surface area contributed by atoms with E-state index in [2.05, 4.69) is 10.6 Å². The van der Waals surface area contributed by atoms with Crippen molar-refractivity contribution in [3.8, 4) is 0 Å². The van der Waals surface area contributed by atoms with Gasteiger partial charge in [-0.15, -0.1) is 0 Å². The van der Waals surface area contributed by atoms with E-state index in [4.69, 9.17) is 0 Å². The summed E-state index contributed by atoms with van der Waals surface area (Å²) < 4.78 is 0. The fourth-order valence-electron chi connectivity index (χ4n) is 2.76. The number of amides is 1. The van der Waals surface area contributed by atoms with Crippen LogP contribution in [-0.2, 0) is 4.79 Å². The lowest BCUT2D eigenvalue weighted by Gasteiger charge is -2.48. The average Bonchev–Trinajstić information content (AvgIpc) is 2.13. The monoisotopic (exact) mass is 196 g/mol. The predicted octanol–water partition coefficient (Wildman–Crippen LogP) is 1.19. The standard InChI is InChI=1S/C11H20N2O/c1-10(2)9(14)12-8-11(13-10)6-4-3-5-7-11/h13H,3-8H2,1-2H3,(H,12,14). The minimum Gasteiger partial charge on any atom is -0.353 e. The number of piperazine rings is 1. The summed E-state index contributed by atoms with van der Waals surface area (Å²) in [4.78, 5) is 11.6. The second kappa shape index (κ2) is 3.23. The van der Waals surface area contributed by atoms with Crippen LogP contribution >= 0.6 is 0 Å². The van der Waals surface area contributed by atoms with Crippen molar-refractivity contribution in [2.24, 2.45) is 0 Å². The molecule has 0 radical (unpaired) electrons. The lowest BCUT2D eigenvalue weighted by Crippen LogP contribution is -2.71. The number of carbonyl (C=O) groups is 1. The molecule has 1 saturated heterocycles. The largest absolute Gasteiger partial charge is 0.353 e. The third-order valence-electron chi connectivity index (χ3n) is 3.54. The van der Waals surface area contributed by atoms with Crippen molar-refractivity contribution in [3.05, 3.63) is 0 Å². The van der Waals surface area contributed by atoms with Gasteiger partial charge in [0.05, 0.1) is 5.54 Å². The number of nitrogens with one attached hydrogen (secondary N) is 2. The van der Waals surface area contributed by atoms with Crippen molar-refractivity contribution in [2.45, 2.75) is 57.0 Å². The van der Waals surface area contributed by atoms with Crippen molar-refractivity contribution in [1.29, 1.82) is 0 Å². The summed E-state index contributed by atoms with van der Waals surface area (Å²) in [5.41, 5.74) is -0.203. The minimum absolute atomic E-state index is 0.133. The van der Waals surface area contributed by atoms with Crippen LogP contribution in [0.1, 0.15) is 46.0 Å². The third-order valence-corrected chi connectivity index (χ3v) is 3.54. The molecular formula is C11H20N2O. The molecule has 2 rings (SSSR count). The van der Waals surface area contributed by atoms with Gasteiger partial charge >= 0.3 is 0 Å². The highest BCUT2D eigenvalue weighted by Crippen LogP contribution is 2.31. The normalized spacial score (nSPS) is 30.0. The van der Waals surface area contributed by atoms with Crippen molar-refractivity contribution in [1.82, 2.24) is 10.6 Å². The Kier molecular flexibility index (Phi) is 2.30. The van der Waals surface area contributed by atoms with Gasteiger partial charge in [-0.25, -0.2) is 0 Å². The van der Waals surface area contributed by atoms with Crippen LogP contribution in [0, 0.1) is 0 Å². The van der Waals surface area contributed by atoms with E-state index in [1.807, 2.05) is 13.8 Å². The van der Waals surface area contributed by atoms with E-state index in [1.165, 1.54) is 32.1 Å². The zero-order chi connectivity index (χ0) is 10.2. The minimum atomic E-state index is -0.393. The molecule has 0 atom stereocenters. The van der Waals surface area contributed by atoms with Crippen LogP contribution in [0.3, 0.4) is 0 Å². The van der Waals surface area contributed by atoms with Gasteiger partial charge in [-0.2, -0.15) is 0 Å². The Morgan fingerprint density at radius 2 is 1.79 bits per heavy atom. The Hall–Kier alpha value is -0.570. The van der Waals surface area contributed by atoms with Crippen LogP contribution < -0.4 is 10.6 Å². The molecule has 1 aliphatic carbocycles. The summed E-state index contributed by atoms with van der Waals surface area (Å²) in [6, 6.07) is 0. The van der Waals surface area contributed by atoms with Gasteiger partial charge in [0.1, 0.15) is 0 Å². The molecule has 80 valence electrons. The molecule has 2 aliphatic rings. The van der Waals surface area contributed by atoms with E-state index in [0.29, 0.717) is 0 Å². The summed E-state index contributed by atoms with van der Waals surface area (Å²) in [5.74, 6) is 0.133. The first kappa shape index (κ1) is 9.97. The molecule has 0 unspecified atom stereocenters. The van der Waals surface area contributed by atoms with Crippen LogP contribution in [0.5, 0.6) is 0 Å². The fraction of sp³-hybridized carbons (Fsp3) is 0.909. The highest BCUT2D eigenvalue weighted by atomic mass is 16.2. The van der Waals surface area contributed by atoms with Crippen molar-refractivity contribution >= 4 is 5.91 Å². The highest BCUT2D eigenvalue weighted by molar-refractivity contribution is 5.86. The number of hydrogen-bond acceptors (Lipinski definition) is 2. The van der Waals surface area contributed by atoms with Gasteiger partial charge in [-0.05, 0) is 26.7 Å². The lowest BCUT2D eigenvalue weighted by atomic mass is 9.78. The molecule has 3 heteroatoms. The molecule has 2 fully saturated rings. The van der Waals surface area contributed by atoms with Crippen LogP contribution in [0.4, 0.5) is 0 Å². The maximum atomic E-state index is 11.6. The smallest absolute Gasteiger partial charge is 0.239 e. The summed E-state index contributed by atoms with van der Waals surface area (Å²) in [6.45, 7) is 4.75. The van der Waals surface area contributed by atoms with E-state index < -0.39 is 5.54 Å². The first-order chi connectivity index (χ1) is 6.54. The average molecular weight is 196 g/mol. The molecular weight excluding hydrogens is 176 g/mol. The zero-order valence-corrected chi connectivity index (χ0v) is 9.15. The Balaban J connectivity index is 2.11. The lowest BCUT2D eigenvalue weighted by molar-refractivity contribution is -0.131. The van der Waals surface area contributed by atoms with Crippen LogP contribution in [0.25, 0.3) is 0 Å². The topological polar surface area (TPSA) is 41.1 Å². The Morgan fingerprint density at radius 3 is 2.36 bits per heavy atom. The predicted molar refractivity (Wildman–Crippen MR) is 56.0 cm³/mol. The van der Waals surface area contributed by atoms with Crippen molar-refractivity contribution in [2.75, 3.05) is 6.54 Å². The second-order valence-corrected chi connectivity index (χ2v) is 5.27. The van der Waals surface area contributed by atoms with E-state index in [1.54, 1.807) is 0 Å². The molecule has 1 heterocycles. The quantitative estimate of drug-likeness (QED) is 0.611. The van der Waals surface area contributed by atoms with Crippen molar-refractivity contribution in [3.63, 3.8) is 0 Å². The zero-order valence-electron chi connectivity index (χ0n) is 9.15. The molecule has 1 aliphatic heterocycles. The molecule has 1 saturated carbocycles. The van der Waals surface area contributed by atoms with Gasteiger partial charge in [0.2, 0.25) is 5.91 Å². The van der Waals surface area contributed by atoms with E-state index in [-0.39, 0.29) is 11.4 Å². The maximum absolute atomic E-state index is 11.6. The SMILES string of the molecule is CC1(C)NC2(CCCCC2)CNC1=O. The fourth-order valence-corrected chi connectivity index (χ4v) is 2.76. The van der Waals surface area contributed by atoms with Gasteiger partial charge in [-0.1, -0.05) is 19.3 Å². The first-order valence-electron chi connectivity index (χ1n) is 5.62. The van der Waals surface area contributed by atoms with Gasteiger partial charge in [0.25, 0.3) is 0 Å². The maximum Gasteiger partial charge on any atom is 0.239 e. The van der Waals surface area contributed by atoms with Crippen LogP contribution in [0.2, 0.25) is 0 Å². The van der Waals surface area contributed by atoms with Gasteiger partial charge < -0.3 is 5.32 Å². The van der Waals surface area contributed by atoms with Crippen LogP contribution in [0.15, 0.2) is 0 Å². The van der Waals surface area contributed by atoms with E-state index in [0.717, 1.165) is 6.54 Å². The summed E-state index contributed by atoms with van der Waals surface area (Å²) in [5, 5.41) is 6.58. The van der Waals surface area contributed by atoms with Gasteiger partial charge in [0, 0.05) is 12.1 Å². The van der Waals surface area contributed by atoms with E-state index >= 15 is 0 Å². The molecule has 1 amide bonds. The van der Waals surface area contributed by atoms with Gasteiger partial charge in [0.15, 0.2) is 0 Å². The summed E-state index contributed by atoms with van der Waals surface area (Å²) >= 11 is 0. The summed E-state index contributed by atoms with van der Waals surface area (Å²) in [6.07, 6.45) is 6.34. The van der Waals surface area contributed by atoms with Crippen molar-refractivity contribution < 1.29 is 4.79 Å². The molecule has 14 heavy (non-hydrogen) atoms. The second-order valence-electron chi connectivity index (χ2n) is 5.27. The molecule has 0 aromatic rings. The highest BCUT2D eigenvalue weighted by Gasteiger charge is 2.44. The molecule has 3 nitrogen and oxygen atoms in total. The van der Waals surface area contributed by atoms with Crippen LogP contribution in [-0.4, -0.2) is 23.5 Å². The molecule has 0 aromatic heterocycles. The molecule has 0 bridgehead atoms. The molecule has 2 N–H and O–H groups in total. The van der Waals surface area contributed by atoms with Gasteiger partial charge in [-0.3, -0.25) is 10.1 Å². The van der Waals surface area contributed by atoms with E-state index in [9.17, 15) is 4.79 Å². The number of carbonyl (C=O) groups excluding carboxylic acids is 1. The number of rotatable bonds is 0. The first-order valence-corrected chi connectivity index (χ1v) is 5.62. The Labute approximate surface area is 85.6 Å². The third kappa shape index (κ3) is 1.65. The number of hydrogen-bond donors (Lipinski definition) is 2. The molecule has 0 aromatic carbocycles. The summed E-state index contributed by atoms with van der Waals surface area (Å²) in [7, 11) is 0. The Bertz CT molecular complexity index is 242.